The van der Waals surface area contributed by atoms with Crippen LogP contribution in [0.1, 0.15) is 11.4 Å². The predicted octanol–water partition coefficient (Wildman–Crippen LogP) is 5.03. The fourth-order valence-corrected chi connectivity index (χ4v) is 7.83. The summed E-state index contributed by atoms with van der Waals surface area (Å²) >= 11 is 8.99. The number of halogens is 1. The summed E-state index contributed by atoms with van der Waals surface area (Å²) in [4.78, 5) is 2.28. The standard InChI is InChI=1S/C23H19ClN2O6S4/c24-16-7-9-19-18(12-16)26(14-36(30,31)32)22(33-19)13-21-25(10-3-11-35(27,28)29)23-17-5-2-1-4-15(17)6-8-20(23)34-21/h1-2,4-9,12-13H,3,10-11,14H2,(H-,27,28,29,30,31,32)/p+1. The fourth-order valence-electron chi connectivity index (χ4n) is 4.19. The van der Waals surface area contributed by atoms with Crippen molar-refractivity contribution in [3.05, 3.63) is 69.7 Å². The quantitative estimate of drug-likeness (QED) is 0.230. The van der Waals surface area contributed by atoms with E-state index < -0.39 is 26.1 Å². The molecule has 0 bridgehead atoms. The Bertz CT molecular complexity index is 1750. The number of benzene rings is 3. The van der Waals surface area contributed by atoms with E-state index in [0.717, 1.165) is 30.9 Å². The van der Waals surface area contributed by atoms with Crippen LogP contribution in [0.4, 0.5) is 5.69 Å². The van der Waals surface area contributed by atoms with Crippen molar-refractivity contribution < 1.29 is 30.5 Å². The lowest BCUT2D eigenvalue weighted by Crippen LogP contribution is -2.36. The van der Waals surface area contributed by atoms with Crippen LogP contribution >= 0.6 is 34.7 Å². The van der Waals surface area contributed by atoms with Crippen LogP contribution in [0.2, 0.25) is 5.02 Å². The van der Waals surface area contributed by atoms with Gasteiger partial charge in [-0.15, -0.1) is 0 Å². The Hall–Kier alpha value is -2.19. The van der Waals surface area contributed by atoms with Crippen LogP contribution in [-0.2, 0) is 26.8 Å². The van der Waals surface area contributed by atoms with E-state index in [1.54, 1.807) is 18.2 Å². The van der Waals surface area contributed by atoms with E-state index in [2.05, 4.69) is 0 Å². The molecule has 0 radical (unpaired) electrons. The third-order valence-corrected chi connectivity index (χ3v) is 9.46. The molecule has 2 heterocycles. The molecular weight excluding hydrogens is 564 g/mol. The number of thiazole rings is 1. The Labute approximate surface area is 221 Å². The molecule has 188 valence electrons. The van der Waals surface area contributed by atoms with Crippen LogP contribution in [0, 0.1) is 0 Å². The van der Waals surface area contributed by atoms with Crippen molar-refractivity contribution in [2.45, 2.75) is 17.9 Å². The van der Waals surface area contributed by atoms with E-state index in [9.17, 15) is 25.9 Å². The minimum Gasteiger partial charge on any atom is -0.317 e. The van der Waals surface area contributed by atoms with Gasteiger partial charge < -0.3 is 4.90 Å². The molecule has 0 saturated carbocycles. The van der Waals surface area contributed by atoms with Crippen molar-refractivity contribution in [1.82, 2.24) is 0 Å². The van der Waals surface area contributed by atoms with Gasteiger partial charge in [0.1, 0.15) is 4.70 Å². The predicted molar refractivity (Wildman–Crippen MR) is 145 cm³/mol. The van der Waals surface area contributed by atoms with Gasteiger partial charge in [0.15, 0.2) is 12.4 Å². The SMILES string of the molecule is O=S(=O)(O)CCC[n+]1c(C=C2Sc3ccc(Cl)cc3N2CS(=O)(=O)O)sc2ccc3ccccc3c21. The third kappa shape index (κ3) is 5.40. The first-order chi connectivity index (χ1) is 17.0. The molecule has 0 saturated heterocycles. The van der Waals surface area contributed by atoms with Crippen LogP contribution in [0.3, 0.4) is 0 Å². The Kier molecular flexibility index (Phi) is 6.79. The number of anilines is 1. The van der Waals surface area contributed by atoms with Gasteiger partial charge in [0, 0.05) is 16.3 Å². The summed E-state index contributed by atoms with van der Waals surface area (Å²) in [6.45, 7) is 0.314. The molecule has 1 aromatic heterocycles. The Morgan fingerprint density at radius 3 is 2.53 bits per heavy atom. The molecule has 1 aliphatic rings. The summed E-state index contributed by atoms with van der Waals surface area (Å²) in [5.74, 6) is -1.03. The van der Waals surface area contributed by atoms with E-state index in [0.29, 0.717) is 22.3 Å². The number of hydrogen-bond donors (Lipinski definition) is 2. The second kappa shape index (κ2) is 9.60. The number of nitrogens with zero attached hydrogens (tertiary/aromatic N) is 2. The normalized spacial score (nSPS) is 15.3. The monoisotopic (exact) mass is 583 g/mol. The molecule has 0 unspecified atom stereocenters. The Balaban J connectivity index is 1.67. The highest BCUT2D eigenvalue weighted by molar-refractivity contribution is 8.04. The van der Waals surface area contributed by atoms with Gasteiger partial charge in [-0.25, -0.2) is 0 Å². The minimum atomic E-state index is -4.35. The molecule has 36 heavy (non-hydrogen) atoms. The summed E-state index contributed by atoms with van der Waals surface area (Å²) in [5, 5.41) is 3.79. The van der Waals surface area contributed by atoms with Crippen LogP contribution in [0.25, 0.3) is 27.1 Å². The van der Waals surface area contributed by atoms with Crippen LogP contribution in [-0.4, -0.2) is 37.6 Å². The number of hydrogen-bond acceptors (Lipinski definition) is 7. The molecule has 5 rings (SSSR count). The molecule has 2 N–H and O–H groups in total. The second-order valence-corrected chi connectivity index (χ2v) is 13.8. The van der Waals surface area contributed by atoms with Gasteiger partial charge in [-0.3, -0.25) is 9.11 Å². The van der Waals surface area contributed by atoms with Gasteiger partial charge in [0.2, 0.25) is 5.52 Å². The van der Waals surface area contributed by atoms with E-state index in [4.69, 9.17) is 11.6 Å². The maximum Gasteiger partial charge on any atom is 0.283 e. The van der Waals surface area contributed by atoms with Crippen molar-refractivity contribution in [3.63, 3.8) is 0 Å². The summed E-state index contributed by atoms with van der Waals surface area (Å²) in [7, 11) is -8.47. The molecule has 0 atom stereocenters. The van der Waals surface area contributed by atoms with E-state index >= 15 is 0 Å². The lowest BCUT2D eigenvalue weighted by atomic mass is 10.1. The summed E-state index contributed by atoms with van der Waals surface area (Å²) in [6, 6.07) is 17.0. The highest BCUT2D eigenvalue weighted by atomic mass is 35.5. The topological polar surface area (TPSA) is 116 Å². The zero-order valence-corrected chi connectivity index (χ0v) is 22.6. The van der Waals surface area contributed by atoms with Crippen LogP contribution < -0.4 is 9.47 Å². The first-order valence-electron chi connectivity index (χ1n) is 10.7. The number of fused-ring (bicyclic) bond motifs is 4. The summed E-state index contributed by atoms with van der Waals surface area (Å²) in [6.07, 6.45) is 2.02. The van der Waals surface area contributed by atoms with E-state index in [1.165, 1.54) is 28.0 Å². The average Bonchev–Trinajstić information content (AvgIpc) is 3.30. The second-order valence-electron chi connectivity index (χ2n) is 8.20. The van der Waals surface area contributed by atoms with E-state index in [1.807, 2.05) is 47.0 Å². The Morgan fingerprint density at radius 2 is 1.78 bits per heavy atom. The Morgan fingerprint density at radius 1 is 1.00 bits per heavy atom. The van der Waals surface area contributed by atoms with Crippen molar-refractivity contribution >= 4 is 87.7 Å². The van der Waals surface area contributed by atoms with Gasteiger partial charge >= 0.3 is 0 Å². The number of aromatic nitrogens is 1. The zero-order chi connectivity index (χ0) is 25.7. The van der Waals surface area contributed by atoms with Gasteiger partial charge in [-0.05, 0) is 35.7 Å². The first kappa shape index (κ1) is 25.5. The van der Waals surface area contributed by atoms with Crippen LogP contribution in [0.15, 0.2) is 64.5 Å². The molecule has 8 nitrogen and oxygen atoms in total. The molecule has 0 aliphatic carbocycles. The molecule has 0 spiro atoms. The van der Waals surface area contributed by atoms with Crippen LogP contribution in [0.5, 0.6) is 0 Å². The number of rotatable bonds is 7. The molecule has 0 fully saturated rings. The van der Waals surface area contributed by atoms with Crippen molar-refractivity contribution in [1.29, 1.82) is 0 Å². The first-order valence-corrected chi connectivity index (χ1v) is 15.9. The lowest BCUT2D eigenvalue weighted by Gasteiger charge is -2.18. The highest BCUT2D eigenvalue weighted by Gasteiger charge is 2.31. The number of thioether (sulfide) groups is 1. The molecule has 3 aromatic carbocycles. The largest absolute Gasteiger partial charge is 0.317 e. The van der Waals surface area contributed by atoms with E-state index in [-0.39, 0.29) is 12.2 Å². The fraction of sp³-hybridized carbons (Fsp3) is 0.174. The minimum absolute atomic E-state index is 0.187. The summed E-state index contributed by atoms with van der Waals surface area (Å²) in [5.41, 5.74) is 1.49. The lowest BCUT2D eigenvalue weighted by molar-refractivity contribution is -0.667. The van der Waals surface area contributed by atoms with Crippen molar-refractivity contribution in [3.8, 4) is 0 Å². The summed E-state index contributed by atoms with van der Waals surface area (Å²) < 4.78 is 68.2. The van der Waals surface area contributed by atoms with Crippen molar-refractivity contribution in [2.75, 3.05) is 16.5 Å². The smallest absolute Gasteiger partial charge is 0.283 e. The average molecular weight is 584 g/mol. The maximum absolute atomic E-state index is 11.8. The highest BCUT2D eigenvalue weighted by Crippen LogP contribution is 2.48. The number of aryl methyl sites for hydroxylation is 1. The zero-order valence-electron chi connectivity index (χ0n) is 18.5. The van der Waals surface area contributed by atoms with Gasteiger partial charge in [0.25, 0.3) is 25.2 Å². The third-order valence-electron chi connectivity index (χ3n) is 5.63. The molecule has 0 amide bonds. The molecular formula is C23H20ClN2O6S4+. The van der Waals surface area contributed by atoms with Gasteiger partial charge in [-0.2, -0.15) is 21.4 Å². The maximum atomic E-state index is 11.8. The molecule has 4 aromatic rings. The van der Waals surface area contributed by atoms with Crippen molar-refractivity contribution in [2.24, 2.45) is 0 Å². The molecule has 13 heteroatoms. The van der Waals surface area contributed by atoms with Gasteiger partial charge in [-0.1, -0.05) is 59.0 Å². The molecule has 1 aliphatic heterocycles. The van der Waals surface area contributed by atoms with Gasteiger partial charge in [0.05, 0.1) is 27.9 Å².